The van der Waals surface area contributed by atoms with Crippen LogP contribution in [0, 0.1) is 18.3 Å². The Morgan fingerprint density at radius 2 is 1.71 bits per heavy atom. The first-order chi connectivity index (χ1) is 16.1. The van der Waals surface area contributed by atoms with E-state index >= 15 is 0 Å². The highest BCUT2D eigenvalue weighted by Crippen LogP contribution is 2.39. The first kappa shape index (κ1) is 25.1. The van der Waals surface area contributed by atoms with Crippen LogP contribution in [0.1, 0.15) is 11.1 Å². The normalized spacial score (nSPS) is 11.4. The van der Waals surface area contributed by atoms with Crippen LogP contribution in [0.25, 0.3) is 6.08 Å². The second kappa shape index (κ2) is 10.6. The fraction of sp³-hybridized carbons (Fsp3) is 0.0833. The maximum Gasteiger partial charge on any atom is 0.339 e. The molecule has 34 heavy (non-hydrogen) atoms. The minimum atomic E-state index is -4.23. The van der Waals surface area contributed by atoms with Gasteiger partial charge < -0.3 is 14.2 Å². The second-order valence-corrected chi connectivity index (χ2v) is 9.41. The van der Waals surface area contributed by atoms with Gasteiger partial charge in [0.2, 0.25) is 5.75 Å². The van der Waals surface area contributed by atoms with Gasteiger partial charge in [-0.05, 0) is 67.1 Å². The number of benzene rings is 3. The van der Waals surface area contributed by atoms with E-state index in [2.05, 4.69) is 5.32 Å². The van der Waals surface area contributed by atoms with Crippen molar-refractivity contribution in [1.82, 2.24) is 0 Å². The Labute approximate surface area is 207 Å². The summed E-state index contributed by atoms with van der Waals surface area (Å²) in [6, 6.07) is 17.1. The molecule has 0 atom stereocenters. The monoisotopic (exact) mass is 516 g/mol. The lowest BCUT2D eigenvalue weighted by Gasteiger charge is -2.13. The molecule has 0 radical (unpaired) electrons. The molecule has 0 aliphatic carbocycles. The van der Waals surface area contributed by atoms with E-state index in [1.54, 1.807) is 12.1 Å². The van der Waals surface area contributed by atoms with Crippen LogP contribution in [0.5, 0.6) is 11.5 Å². The van der Waals surface area contributed by atoms with Gasteiger partial charge in [0.1, 0.15) is 16.5 Å². The Kier molecular flexibility index (Phi) is 7.84. The van der Waals surface area contributed by atoms with Crippen molar-refractivity contribution < 1.29 is 22.1 Å². The van der Waals surface area contributed by atoms with Crippen molar-refractivity contribution in [3.05, 3.63) is 87.4 Å². The van der Waals surface area contributed by atoms with Crippen molar-refractivity contribution in [1.29, 1.82) is 5.26 Å². The molecule has 0 heterocycles. The third-order valence-corrected chi connectivity index (χ3v) is 6.30. The number of halogens is 2. The lowest BCUT2D eigenvalue weighted by molar-refractivity contribution is -0.112. The zero-order valence-electron chi connectivity index (χ0n) is 18.0. The molecule has 0 unspecified atom stereocenters. The lowest BCUT2D eigenvalue weighted by Crippen LogP contribution is -2.13. The third-order valence-electron chi connectivity index (χ3n) is 4.53. The number of anilines is 1. The molecule has 1 amide bonds. The molecule has 10 heteroatoms. The van der Waals surface area contributed by atoms with E-state index in [4.69, 9.17) is 32.1 Å². The Morgan fingerprint density at radius 1 is 1.06 bits per heavy atom. The molecular formula is C24H18Cl2N2O5S. The molecule has 0 spiro atoms. The third kappa shape index (κ3) is 6.08. The number of carbonyl (C=O) groups is 1. The van der Waals surface area contributed by atoms with Crippen LogP contribution in [0.4, 0.5) is 5.69 Å². The van der Waals surface area contributed by atoms with Gasteiger partial charge in [-0.15, -0.1) is 0 Å². The molecule has 0 fully saturated rings. The van der Waals surface area contributed by atoms with Gasteiger partial charge in [-0.25, -0.2) is 0 Å². The summed E-state index contributed by atoms with van der Waals surface area (Å²) >= 11 is 12.1. The van der Waals surface area contributed by atoms with Gasteiger partial charge in [-0.3, -0.25) is 4.79 Å². The smallest absolute Gasteiger partial charge is 0.339 e. The number of nitrogens with one attached hydrogen (secondary N) is 1. The van der Waals surface area contributed by atoms with E-state index in [0.29, 0.717) is 16.3 Å². The molecule has 3 aromatic rings. The summed E-state index contributed by atoms with van der Waals surface area (Å²) < 4.78 is 35.7. The Hall–Kier alpha value is -3.51. The van der Waals surface area contributed by atoms with Gasteiger partial charge >= 0.3 is 10.1 Å². The summed E-state index contributed by atoms with van der Waals surface area (Å²) in [6.07, 6.45) is 1.30. The molecule has 3 aromatic carbocycles. The molecule has 174 valence electrons. The van der Waals surface area contributed by atoms with E-state index in [1.807, 2.05) is 25.1 Å². The predicted molar refractivity (Wildman–Crippen MR) is 131 cm³/mol. The van der Waals surface area contributed by atoms with Gasteiger partial charge in [0, 0.05) is 10.7 Å². The van der Waals surface area contributed by atoms with Gasteiger partial charge in [0.05, 0.1) is 12.1 Å². The minimum Gasteiger partial charge on any atom is -0.493 e. The first-order valence-electron chi connectivity index (χ1n) is 9.70. The Balaban J connectivity index is 1.90. The molecule has 0 aliphatic heterocycles. The number of nitriles is 1. The number of nitrogens with zero attached hydrogens (tertiary/aromatic N) is 1. The van der Waals surface area contributed by atoms with Crippen LogP contribution in [0.3, 0.4) is 0 Å². The number of aryl methyl sites for hydroxylation is 1. The van der Waals surface area contributed by atoms with E-state index in [1.165, 1.54) is 49.6 Å². The zero-order chi connectivity index (χ0) is 24.9. The molecule has 0 bridgehead atoms. The Morgan fingerprint density at radius 3 is 2.29 bits per heavy atom. The lowest BCUT2D eigenvalue weighted by atomic mass is 10.1. The van der Waals surface area contributed by atoms with Crippen LogP contribution in [-0.4, -0.2) is 21.4 Å². The summed E-state index contributed by atoms with van der Waals surface area (Å²) in [5.74, 6) is -0.863. The number of rotatable bonds is 7. The number of hydrogen-bond donors (Lipinski definition) is 1. The fourth-order valence-electron chi connectivity index (χ4n) is 2.81. The summed E-state index contributed by atoms with van der Waals surface area (Å²) in [5.41, 5.74) is 1.69. The molecule has 0 saturated heterocycles. The first-order valence-corrected chi connectivity index (χ1v) is 11.9. The van der Waals surface area contributed by atoms with Gasteiger partial charge in [-0.1, -0.05) is 40.9 Å². The average molecular weight is 517 g/mol. The van der Waals surface area contributed by atoms with E-state index < -0.39 is 16.0 Å². The molecule has 3 rings (SSSR count). The summed E-state index contributed by atoms with van der Waals surface area (Å²) in [4.78, 5) is 12.4. The van der Waals surface area contributed by atoms with E-state index in [-0.39, 0.29) is 27.0 Å². The van der Waals surface area contributed by atoms with Crippen molar-refractivity contribution >= 4 is 51.0 Å². The average Bonchev–Trinajstić information content (AvgIpc) is 2.80. The molecule has 1 N–H and O–H groups in total. The maximum atomic E-state index is 12.6. The quantitative estimate of drug-likeness (QED) is 0.248. The van der Waals surface area contributed by atoms with Gasteiger partial charge in [0.25, 0.3) is 5.91 Å². The van der Waals surface area contributed by atoms with Gasteiger partial charge in [0.15, 0.2) is 5.75 Å². The molecule has 0 aromatic heterocycles. The number of methoxy groups -OCH3 is 1. The number of carbonyl (C=O) groups excluding carboxylic acids is 1. The highest BCUT2D eigenvalue weighted by Gasteiger charge is 2.22. The van der Waals surface area contributed by atoms with Crippen molar-refractivity contribution in [2.24, 2.45) is 0 Å². The maximum absolute atomic E-state index is 12.6. The predicted octanol–water partition coefficient (Wildman–Crippen LogP) is 5.62. The SMILES string of the molecule is COc1cc(/C=C(\C#N)C(=O)Nc2ccc(C)cc2)cc(Cl)c1OS(=O)(=O)c1ccc(Cl)cc1. The highest BCUT2D eigenvalue weighted by molar-refractivity contribution is 7.87. The van der Waals surface area contributed by atoms with Crippen molar-refractivity contribution in [3.8, 4) is 17.6 Å². The highest BCUT2D eigenvalue weighted by atomic mass is 35.5. The van der Waals surface area contributed by atoms with Gasteiger partial charge in [-0.2, -0.15) is 13.7 Å². The van der Waals surface area contributed by atoms with Crippen LogP contribution in [-0.2, 0) is 14.9 Å². The van der Waals surface area contributed by atoms with Crippen molar-refractivity contribution in [2.75, 3.05) is 12.4 Å². The molecule has 0 aliphatic rings. The van der Waals surface area contributed by atoms with Crippen LogP contribution < -0.4 is 14.2 Å². The number of ether oxygens (including phenoxy) is 1. The number of amides is 1. The molecule has 7 nitrogen and oxygen atoms in total. The summed E-state index contributed by atoms with van der Waals surface area (Å²) in [6.45, 7) is 1.91. The van der Waals surface area contributed by atoms with Crippen molar-refractivity contribution in [3.63, 3.8) is 0 Å². The standard InChI is InChI=1S/C24H18Cl2N2O5S/c1-15-3-7-19(8-4-15)28-24(29)17(14-27)11-16-12-21(26)23(22(13-16)32-2)33-34(30,31)20-9-5-18(25)6-10-20/h3-13H,1-2H3,(H,28,29)/b17-11+. The topological polar surface area (TPSA) is 105 Å². The summed E-state index contributed by atoms with van der Waals surface area (Å²) in [5, 5.41) is 12.4. The zero-order valence-corrected chi connectivity index (χ0v) is 20.3. The largest absolute Gasteiger partial charge is 0.493 e. The minimum absolute atomic E-state index is 0.00692. The van der Waals surface area contributed by atoms with E-state index in [9.17, 15) is 18.5 Å². The van der Waals surface area contributed by atoms with Crippen molar-refractivity contribution in [2.45, 2.75) is 11.8 Å². The molecular weight excluding hydrogens is 499 g/mol. The second-order valence-electron chi connectivity index (χ2n) is 7.02. The van der Waals surface area contributed by atoms with Crippen LogP contribution >= 0.6 is 23.2 Å². The fourth-order valence-corrected chi connectivity index (χ4v) is 4.20. The molecule has 0 saturated carbocycles. The van der Waals surface area contributed by atoms with Crippen LogP contribution in [0.15, 0.2) is 71.1 Å². The van der Waals surface area contributed by atoms with Crippen LogP contribution in [0.2, 0.25) is 10.0 Å². The summed E-state index contributed by atoms with van der Waals surface area (Å²) in [7, 11) is -2.93. The van der Waals surface area contributed by atoms with E-state index in [0.717, 1.165) is 5.56 Å². The number of hydrogen-bond acceptors (Lipinski definition) is 6. The Bertz CT molecular complexity index is 1400.